The van der Waals surface area contributed by atoms with E-state index < -0.39 is 5.97 Å². The van der Waals surface area contributed by atoms with Crippen molar-refractivity contribution in [2.75, 3.05) is 13.2 Å². The van der Waals surface area contributed by atoms with E-state index in [1.807, 2.05) is 66.7 Å². The molecule has 4 aromatic rings. The summed E-state index contributed by atoms with van der Waals surface area (Å²) in [6, 6.07) is 21.4. The summed E-state index contributed by atoms with van der Waals surface area (Å²) >= 11 is 0. The number of carbonyl (C=O) groups is 1. The van der Waals surface area contributed by atoms with Crippen LogP contribution in [0.5, 0.6) is 11.5 Å². The van der Waals surface area contributed by atoms with Gasteiger partial charge in [0.25, 0.3) is 0 Å². The fraction of sp³-hybridized carbons (Fsp3) is 0.241. The summed E-state index contributed by atoms with van der Waals surface area (Å²) in [6.07, 6.45) is 6.21. The number of carboxylic acids is 1. The molecule has 0 amide bonds. The number of benzene rings is 3. The van der Waals surface area contributed by atoms with Gasteiger partial charge in [0.05, 0.1) is 18.6 Å². The van der Waals surface area contributed by atoms with Crippen LogP contribution in [0.4, 0.5) is 0 Å². The van der Waals surface area contributed by atoms with Crippen LogP contribution >= 0.6 is 0 Å². The molecule has 0 spiro atoms. The van der Waals surface area contributed by atoms with E-state index in [2.05, 4.69) is 12.1 Å². The van der Waals surface area contributed by atoms with Crippen LogP contribution in [0.3, 0.4) is 0 Å². The molecule has 1 N–H and O–H groups in total. The number of aliphatic carboxylic acids is 1. The van der Waals surface area contributed by atoms with Crippen LogP contribution in [0.2, 0.25) is 0 Å². The van der Waals surface area contributed by atoms with Crippen molar-refractivity contribution >= 4 is 23.0 Å². The normalized spacial score (nSPS) is 11.2. The number of carboxylic acid groups (broad SMARTS) is 1. The van der Waals surface area contributed by atoms with Gasteiger partial charge < -0.3 is 19.1 Å². The lowest BCUT2D eigenvalue weighted by atomic mass is 10.0. The molecule has 35 heavy (non-hydrogen) atoms. The lowest BCUT2D eigenvalue weighted by Gasteiger charge is -2.12. The van der Waals surface area contributed by atoms with Gasteiger partial charge in [-0.05, 0) is 55.2 Å². The Hall–Kier alpha value is -4.06. The Morgan fingerprint density at radius 1 is 0.971 bits per heavy atom. The van der Waals surface area contributed by atoms with Gasteiger partial charge in [-0.3, -0.25) is 0 Å². The number of hydrogen-bond acceptors (Lipinski definition) is 5. The quantitative estimate of drug-likeness (QED) is 0.181. The van der Waals surface area contributed by atoms with Gasteiger partial charge in [-0.25, -0.2) is 4.79 Å². The third-order valence-corrected chi connectivity index (χ3v) is 5.61. The van der Waals surface area contributed by atoms with Gasteiger partial charge in [-0.1, -0.05) is 61.0 Å². The number of fused-ring (bicyclic) bond motifs is 1. The van der Waals surface area contributed by atoms with Gasteiger partial charge in [0.15, 0.2) is 5.58 Å². The fourth-order valence-corrected chi connectivity index (χ4v) is 3.89. The molecule has 1 heterocycles. The van der Waals surface area contributed by atoms with Crippen LogP contribution < -0.4 is 9.47 Å². The molecule has 4 rings (SSSR count). The second-order valence-electron chi connectivity index (χ2n) is 8.21. The first-order valence-electron chi connectivity index (χ1n) is 11.9. The molecule has 0 atom stereocenters. The molecule has 0 aliphatic rings. The minimum absolute atomic E-state index is 0.580. The molecule has 0 saturated carbocycles. The van der Waals surface area contributed by atoms with E-state index in [0.29, 0.717) is 13.2 Å². The molecule has 0 bridgehead atoms. The van der Waals surface area contributed by atoms with Crippen molar-refractivity contribution in [1.29, 1.82) is 0 Å². The first-order chi connectivity index (χ1) is 17.2. The third kappa shape index (κ3) is 6.29. The molecule has 0 aliphatic carbocycles. The van der Waals surface area contributed by atoms with Crippen LogP contribution in [0.1, 0.15) is 37.3 Å². The minimum Gasteiger partial charge on any atom is -0.494 e. The number of aryl methyl sites for hydroxylation is 1. The maximum absolute atomic E-state index is 10.6. The van der Waals surface area contributed by atoms with Crippen LogP contribution in [0, 0.1) is 0 Å². The number of nitrogens with zero attached hydrogens (tertiary/aromatic N) is 1. The fourth-order valence-electron chi connectivity index (χ4n) is 3.89. The van der Waals surface area contributed by atoms with E-state index in [9.17, 15) is 4.79 Å². The second kappa shape index (κ2) is 11.9. The lowest BCUT2D eigenvalue weighted by molar-refractivity contribution is -0.131. The highest BCUT2D eigenvalue weighted by molar-refractivity contribution is 5.94. The van der Waals surface area contributed by atoms with Gasteiger partial charge >= 0.3 is 5.97 Å². The molecule has 180 valence electrons. The molecule has 3 aromatic carbocycles. The summed E-state index contributed by atoms with van der Waals surface area (Å²) in [7, 11) is 0. The molecule has 0 saturated heterocycles. The van der Waals surface area contributed by atoms with Gasteiger partial charge in [0.2, 0.25) is 0 Å². The van der Waals surface area contributed by atoms with Gasteiger partial charge in [0, 0.05) is 17.2 Å². The Bertz CT molecular complexity index is 1280. The van der Waals surface area contributed by atoms with E-state index in [-0.39, 0.29) is 0 Å². The zero-order chi connectivity index (χ0) is 24.5. The van der Waals surface area contributed by atoms with Gasteiger partial charge in [-0.2, -0.15) is 0 Å². The topological polar surface area (TPSA) is 81.8 Å². The third-order valence-electron chi connectivity index (χ3n) is 5.61. The van der Waals surface area contributed by atoms with E-state index >= 15 is 0 Å². The molecule has 6 heteroatoms. The summed E-state index contributed by atoms with van der Waals surface area (Å²) < 4.78 is 17.7. The summed E-state index contributed by atoms with van der Waals surface area (Å²) in [6.45, 7) is 3.31. The first kappa shape index (κ1) is 24.1. The smallest absolute Gasteiger partial charge is 0.328 e. The largest absolute Gasteiger partial charge is 0.494 e. The standard InChI is InChI=1S/C29H29NO5/c1-2-8-24-26(17-16-25-28(30-35-29(24)25)22-9-4-3-5-10-22)34-20-7-6-19-33-23-14-11-21(12-15-23)13-18-27(31)32/h3-5,9-18H,2,6-8,19-20H2,1H3,(H,31,32)/b18-13+. The Labute approximate surface area is 204 Å². The van der Waals surface area contributed by atoms with Gasteiger partial charge in [-0.15, -0.1) is 0 Å². The number of rotatable bonds is 12. The zero-order valence-electron chi connectivity index (χ0n) is 19.8. The van der Waals surface area contributed by atoms with Crippen molar-refractivity contribution in [3.8, 4) is 22.8 Å². The van der Waals surface area contributed by atoms with Crippen LogP contribution in [0.15, 0.2) is 77.3 Å². The van der Waals surface area contributed by atoms with Crippen molar-refractivity contribution in [2.45, 2.75) is 32.6 Å². The Balaban J connectivity index is 1.30. The first-order valence-corrected chi connectivity index (χ1v) is 11.9. The molecular formula is C29H29NO5. The number of unbranched alkanes of at least 4 members (excludes halogenated alkanes) is 1. The number of hydrogen-bond donors (Lipinski definition) is 1. The highest BCUT2D eigenvalue weighted by Crippen LogP contribution is 2.35. The maximum Gasteiger partial charge on any atom is 0.328 e. The Kier molecular flexibility index (Phi) is 8.17. The maximum atomic E-state index is 10.6. The highest BCUT2D eigenvalue weighted by atomic mass is 16.5. The summed E-state index contributed by atoms with van der Waals surface area (Å²) in [5.41, 5.74) is 4.57. The zero-order valence-corrected chi connectivity index (χ0v) is 19.8. The van der Waals surface area contributed by atoms with Crippen molar-refractivity contribution in [2.24, 2.45) is 0 Å². The monoisotopic (exact) mass is 471 g/mol. The number of aromatic nitrogens is 1. The Morgan fingerprint density at radius 2 is 1.71 bits per heavy atom. The molecular weight excluding hydrogens is 442 g/mol. The molecule has 0 unspecified atom stereocenters. The molecule has 1 aromatic heterocycles. The minimum atomic E-state index is -0.966. The summed E-state index contributed by atoms with van der Waals surface area (Å²) in [5, 5.41) is 14.0. The lowest BCUT2D eigenvalue weighted by Crippen LogP contribution is -2.04. The SMILES string of the molecule is CCCc1c(OCCCCOc2ccc(/C=C/C(=O)O)cc2)ccc2c(-c3ccccc3)noc12. The predicted molar refractivity (Wildman–Crippen MR) is 137 cm³/mol. The van der Waals surface area contributed by atoms with E-state index in [4.69, 9.17) is 19.1 Å². The van der Waals surface area contributed by atoms with E-state index in [1.165, 1.54) is 0 Å². The van der Waals surface area contributed by atoms with Crippen molar-refractivity contribution in [1.82, 2.24) is 5.16 Å². The van der Waals surface area contributed by atoms with Crippen molar-refractivity contribution in [3.63, 3.8) is 0 Å². The number of ether oxygens (including phenoxy) is 2. The van der Waals surface area contributed by atoms with Crippen molar-refractivity contribution < 1.29 is 23.9 Å². The molecule has 6 nitrogen and oxygen atoms in total. The predicted octanol–water partition coefficient (Wildman–Crippen LogP) is 6.78. The van der Waals surface area contributed by atoms with Crippen LogP contribution in [0.25, 0.3) is 28.3 Å². The summed E-state index contributed by atoms with van der Waals surface area (Å²) in [4.78, 5) is 10.6. The van der Waals surface area contributed by atoms with Crippen molar-refractivity contribution in [3.05, 3.63) is 83.9 Å². The van der Waals surface area contributed by atoms with E-state index in [0.717, 1.165) is 76.6 Å². The molecule has 0 radical (unpaired) electrons. The van der Waals surface area contributed by atoms with E-state index in [1.54, 1.807) is 6.08 Å². The second-order valence-corrected chi connectivity index (χ2v) is 8.21. The summed E-state index contributed by atoms with van der Waals surface area (Å²) in [5.74, 6) is 0.640. The molecule has 0 aliphatic heterocycles. The molecule has 0 fully saturated rings. The average Bonchev–Trinajstić information content (AvgIpc) is 3.31. The highest BCUT2D eigenvalue weighted by Gasteiger charge is 2.17. The Morgan fingerprint density at radius 3 is 2.43 bits per heavy atom. The average molecular weight is 472 g/mol. The van der Waals surface area contributed by atoms with Gasteiger partial charge in [0.1, 0.15) is 17.2 Å². The van der Waals surface area contributed by atoms with Crippen LogP contribution in [-0.2, 0) is 11.2 Å². The van der Waals surface area contributed by atoms with Crippen LogP contribution in [-0.4, -0.2) is 29.4 Å².